The molecule has 0 unspecified atom stereocenters. The maximum atomic E-state index is 13.4. The smallest absolute Gasteiger partial charge is 0.332 e. The lowest BCUT2D eigenvalue weighted by Gasteiger charge is -2.18. The van der Waals surface area contributed by atoms with Gasteiger partial charge in [-0.05, 0) is 12.5 Å². The summed E-state index contributed by atoms with van der Waals surface area (Å²) in [5.41, 5.74) is 1.22. The van der Waals surface area contributed by atoms with Crippen LogP contribution in [0.4, 0.5) is 0 Å². The lowest BCUT2D eigenvalue weighted by molar-refractivity contribution is -0.157. The lowest BCUT2D eigenvalue weighted by atomic mass is 10.2. The number of aryl methyl sites for hydroxylation is 2. The van der Waals surface area contributed by atoms with Crippen molar-refractivity contribution in [2.45, 2.75) is 40.0 Å². The Labute approximate surface area is 193 Å². The number of imidazole rings is 2. The first kappa shape index (κ1) is 23.0. The topological polar surface area (TPSA) is 119 Å². The number of benzene rings is 1. The molecule has 0 spiro atoms. The molecular weight excluding hydrogens is 442 g/mol. The van der Waals surface area contributed by atoms with Gasteiger partial charge in [0.05, 0.1) is 13.1 Å². The Morgan fingerprint density at radius 2 is 1.76 bits per heavy atom. The van der Waals surface area contributed by atoms with Crippen LogP contribution in [0.2, 0.25) is 0 Å². The van der Waals surface area contributed by atoms with Crippen molar-refractivity contribution in [1.82, 2.24) is 23.1 Å². The fourth-order valence-electron chi connectivity index (χ4n) is 3.95. The van der Waals surface area contributed by atoms with Gasteiger partial charge in [0, 0.05) is 32.8 Å². The number of ether oxygens (including phenoxy) is 2. The molecule has 178 valence electrons. The number of fused-ring (bicyclic) bond motifs is 3. The third kappa shape index (κ3) is 4.24. The summed E-state index contributed by atoms with van der Waals surface area (Å²) >= 11 is 0. The summed E-state index contributed by atoms with van der Waals surface area (Å²) < 4.78 is 16.0. The molecule has 0 bridgehead atoms. The minimum atomic E-state index is -1.00. The number of hydrogen-bond acceptors (Lipinski definition) is 7. The van der Waals surface area contributed by atoms with E-state index < -0.39 is 29.3 Å². The molecule has 11 nitrogen and oxygen atoms in total. The average Bonchev–Trinajstić information content (AvgIpc) is 3.29. The molecule has 4 aromatic rings. The predicted octanol–water partition coefficient (Wildman–Crippen LogP) is 1.00. The lowest BCUT2D eigenvalue weighted by Crippen LogP contribution is -2.43. The molecule has 0 aliphatic carbocycles. The van der Waals surface area contributed by atoms with Crippen LogP contribution in [-0.4, -0.2) is 47.7 Å². The molecule has 34 heavy (non-hydrogen) atoms. The summed E-state index contributed by atoms with van der Waals surface area (Å²) in [7, 11) is 1.52. The Morgan fingerprint density at radius 3 is 2.41 bits per heavy atom. The van der Waals surface area contributed by atoms with Crippen LogP contribution in [0.1, 0.15) is 25.1 Å². The third-order valence-electron chi connectivity index (χ3n) is 5.52. The first-order valence-electron chi connectivity index (χ1n) is 10.7. The van der Waals surface area contributed by atoms with Crippen LogP contribution in [0.15, 0.2) is 46.1 Å². The Kier molecular flexibility index (Phi) is 6.10. The van der Waals surface area contributed by atoms with Crippen LogP contribution in [0.3, 0.4) is 0 Å². The summed E-state index contributed by atoms with van der Waals surface area (Å²) in [6.07, 6.45) is 0.795. The SMILES string of the molecule is CC(=O)OC[C@@H](Cn1c(=O)c2c(nc3n(Cc4ccccc4)c(C)cn23)n(C)c1=O)OC(C)=O. The van der Waals surface area contributed by atoms with Crippen LogP contribution < -0.4 is 11.2 Å². The van der Waals surface area contributed by atoms with E-state index in [-0.39, 0.29) is 24.3 Å². The fourth-order valence-corrected chi connectivity index (χ4v) is 3.95. The highest BCUT2D eigenvalue weighted by molar-refractivity contribution is 5.75. The van der Waals surface area contributed by atoms with Crippen LogP contribution in [0, 0.1) is 6.92 Å². The minimum Gasteiger partial charge on any atom is -0.462 e. The van der Waals surface area contributed by atoms with Crippen molar-refractivity contribution in [3.63, 3.8) is 0 Å². The Morgan fingerprint density at radius 1 is 1.06 bits per heavy atom. The van der Waals surface area contributed by atoms with Gasteiger partial charge in [0.2, 0.25) is 5.78 Å². The molecule has 0 aliphatic heterocycles. The number of aromatic nitrogens is 5. The zero-order valence-electron chi connectivity index (χ0n) is 19.3. The van der Waals surface area contributed by atoms with Gasteiger partial charge in [0.15, 0.2) is 17.3 Å². The maximum absolute atomic E-state index is 13.4. The molecule has 0 amide bonds. The molecule has 1 atom stereocenters. The monoisotopic (exact) mass is 467 g/mol. The first-order valence-corrected chi connectivity index (χ1v) is 10.7. The first-order chi connectivity index (χ1) is 16.2. The summed E-state index contributed by atoms with van der Waals surface area (Å²) in [5.74, 6) is -0.665. The van der Waals surface area contributed by atoms with E-state index in [9.17, 15) is 19.2 Å². The molecule has 1 aromatic carbocycles. The second-order valence-electron chi connectivity index (χ2n) is 8.09. The van der Waals surface area contributed by atoms with Crippen molar-refractivity contribution >= 4 is 28.9 Å². The number of esters is 2. The quantitative estimate of drug-likeness (QED) is 0.372. The molecular formula is C23H25N5O6. The number of carbonyl (C=O) groups excluding carboxylic acids is 2. The van der Waals surface area contributed by atoms with Crippen LogP contribution in [0.25, 0.3) is 16.9 Å². The number of nitrogens with zero attached hydrogens (tertiary/aromatic N) is 5. The van der Waals surface area contributed by atoms with E-state index in [1.165, 1.54) is 25.5 Å². The molecule has 0 aliphatic rings. The minimum absolute atomic E-state index is 0.223. The standard InChI is InChI=1S/C23H25N5O6/c1-14-10-27-19-20(24-22(27)26(14)11-17-8-6-5-7-9-17)25(4)23(32)28(21(19)31)12-18(34-16(3)30)13-33-15(2)29/h5-10,18H,11-13H2,1-4H3/t18-/m1/s1. The van der Waals surface area contributed by atoms with Crippen molar-refractivity contribution in [3.05, 3.63) is 68.6 Å². The maximum Gasteiger partial charge on any atom is 0.332 e. The van der Waals surface area contributed by atoms with Crippen molar-refractivity contribution in [2.75, 3.05) is 6.61 Å². The van der Waals surface area contributed by atoms with Crippen molar-refractivity contribution in [1.29, 1.82) is 0 Å². The molecule has 4 rings (SSSR count). The van der Waals surface area contributed by atoms with Crippen LogP contribution >= 0.6 is 0 Å². The largest absolute Gasteiger partial charge is 0.462 e. The average molecular weight is 467 g/mol. The van der Waals surface area contributed by atoms with Gasteiger partial charge in [-0.3, -0.25) is 27.9 Å². The van der Waals surface area contributed by atoms with Gasteiger partial charge >= 0.3 is 17.6 Å². The van der Waals surface area contributed by atoms with E-state index >= 15 is 0 Å². The van der Waals surface area contributed by atoms with E-state index in [4.69, 9.17) is 9.47 Å². The van der Waals surface area contributed by atoms with Gasteiger partial charge in [-0.25, -0.2) is 4.79 Å². The zero-order chi connectivity index (χ0) is 24.6. The Bertz CT molecular complexity index is 1510. The van der Waals surface area contributed by atoms with Crippen LogP contribution in [0.5, 0.6) is 0 Å². The third-order valence-corrected chi connectivity index (χ3v) is 5.52. The van der Waals surface area contributed by atoms with Gasteiger partial charge in [-0.1, -0.05) is 30.3 Å². The highest BCUT2D eigenvalue weighted by atomic mass is 16.6. The summed E-state index contributed by atoms with van der Waals surface area (Å²) in [6, 6.07) is 9.84. The molecule has 0 saturated heterocycles. The second kappa shape index (κ2) is 9.00. The van der Waals surface area contributed by atoms with Gasteiger partial charge in [0.25, 0.3) is 5.56 Å². The molecule has 3 aromatic heterocycles. The van der Waals surface area contributed by atoms with Gasteiger partial charge in [-0.2, -0.15) is 4.98 Å². The summed E-state index contributed by atoms with van der Waals surface area (Å²) in [6.45, 7) is 4.32. The van der Waals surface area contributed by atoms with E-state index in [2.05, 4.69) is 4.98 Å². The highest BCUT2D eigenvalue weighted by Crippen LogP contribution is 2.18. The van der Waals surface area contributed by atoms with Crippen LogP contribution in [-0.2, 0) is 39.2 Å². The molecule has 11 heteroatoms. The van der Waals surface area contributed by atoms with Gasteiger partial charge < -0.3 is 14.0 Å². The van der Waals surface area contributed by atoms with E-state index in [0.717, 1.165) is 15.8 Å². The van der Waals surface area contributed by atoms with E-state index in [1.54, 1.807) is 10.6 Å². The van der Waals surface area contributed by atoms with Gasteiger partial charge in [0.1, 0.15) is 6.61 Å². The number of hydrogen-bond donors (Lipinski definition) is 0. The Hall–Kier alpha value is -4.15. The normalized spacial score (nSPS) is 12.2. The predicted molar refractivity (Wildman–Crippen MR) is 123 cm³/mol. The van der Waals surface area contributed by atoms with Crippen molar-refractivity contribution in [2.24, 2.45) is 7.05 Å². The fraction of sp³-hybridized carbons (Fsp3) is 0.348. The number of rotatable bonds is 7. The van der Waals surface area contributed by atoms with E-state index in [0.29, 0.717) is 12.3 Å². The zero-order valence-corrected chi connectivity index (χ0v) is 19.3. The molecule has 3 heterocycles. The van der Waals surface area contributed by atoms with Crippen molar-refractivity contribution in [3.8, 4) is 0 Å². The van der Waals surface area contributed by atoms with Gasteiger partial charge in [-0.15, -0.1) is 0 Å². The van der Waals surface area contributed by atoms with E-state index in [1.807, 2.05) is 41.8 Å². The number of carbonyl (C=O) groups is 2. The summed E-state index contributed by atoms with van der Waals surface area (Å²) in [4.78, 5) is 53.8. The highest BCUT2D eigenvalue weighted by Gasteiger charge is 2.23. The Balaban J connectivity index is 1.83. The molecule has 0 saturated carbocycles. The summed E-state index contributed by atoms with van der Waals surface area (Å²) in [5, 5.41) is 0. The molecule has 0 N–H and O–H groups in total. The molecule has 0 radical (unpaired) electrons. The second-order valence-corrected chi connectivity index (χ2v) is 8.09. The molecule has 0 fully saturated rings. The van der Waals surface area contributed by atoms with Crippen molar-refractivity contribution < 1.29 is 19.1 Å².